The molecule has 4 nitrogen and oxygen atoms in total. The van der Waals surface area contributed by atoms with Crippen LogP contribution in [0.1, 0.15) is 17.3 Å². The summed E-state index contributed by atoms with van der Waals surface area (Å²) in [6, 6.07) is 0. The number of carboxylic acid groups (broad SMARTS) is 1. The van der Waals surface area contributed by atoms with E-state index in [1.165, 1.54) is 0 Å². The molecule has 1 aromatic rings. The van der Waals surface area contributed by atoms with Crippen LogP contribution in [0.2, 0.25) is 0 Å². The lowest BCUT2D eigenvalue weighted by Gasteiger charge is -2.08. The van der Waals surface area contributed by atoms with Gasteiger partial charge in [-0.25, -0.2) is 13.6 Å². The van der Waals surface area contributed by atoms with Crippen molar-refractivity contribution in [2.45, 2.75) is 6.92 Å². The zero-order valence-corrected chi connectivity index (χ0v) is 8.18. The zero-order valence-electron chi connectivity index (χ0n) is 8.18. The van der Waals surface area contributed by atoms with E-state index in [1.54, 1.807) is 0 Å². The van der Waals surface area contributed by atoms with Crippen molar-refractivity contribution in [3.8, 4) is 5.75 Å². The molecule has 1 N–H and O–H groups in total. The minimum Gasteiger partial charge on any atom is -0.477 e. The van der Waals surface area contributed by atoms with Crippen molar-refractivity contribution in [2.24, 2.45) is 0 Å². The molecule has 0 aliphatic rings. The van der Waals surface area contributed by atoms with E-state index in [0.717, 1.165) is 6.92 Å². The average molecular weight is 252 g/mol. The molecule has 0 saturated carbocycles. The number of carboxylic acids is 1. The van der Waals surface area contributed by atoms with Gasteiger partial charge in [0.1, 0.15) is 5.56 Å². The first-order valence-electron chi connectivity index (χ1n) is 4.05. The molecule has 0 heterocycles. The highest BCUT2D eigenvalue weighted by Gasteiger charge is 2.30. The topological polar surface area (TPSA) is 63.6 Å². The van der Waals surface area contributed by atoms with Crippen molar-refractivity contribution in [2.75, 3.05) is 0 Å². The Kier molecular flexibility index (Phi) is 3.35. The zero-order chi connectivity index (χ0) is 13.3. The molecular formula is C9H4F4O4. The molecule has 0 bridgehead atoms. The third-order valence-corrected chi connectivity index (χ3v) is 1.68. The van der Waals surface area contributed by atoms with E-state index >= 15 is 0 Å². The molecule has 17 heavy (non-hydrogen) atoms. The summed E-state index contributed by atoms with van der Waals surface area (Å²) in [6.07, 6.45) is 0. The maximum absolute atomic E-state index is 13.1. The second-order valence-corrected chi connectivity index (χ2v) is 2.86. The van der Waals surface area contributed by atoms with E-state index in [4.69, 9.17) is 5.11 Å². The molecule has 0 unspecified atom stereocenters. The Balaban J connectivity index is 3.58. The highest BCUT2D eigenvalue weighted by molar-refractivity contribution is 5.88. The molecule has 0 aliphatic heterocycles. The molecule has 0 radical (unpaired) electrons. The van der Waals surface area contributed by atoms with Gasteiger partial charge < -0.3 is 9.84 Å². The molecule has 92 valence electrons. The number of rotatable bonds is 2. The fourth-order valence-electron chi connectivity index (χ4n) is 1.03. The summed E-state index contributed by atoms with van der Waals surface area (Å²) in [7, 11) is 0. The van der Waals surface area contributed by atoms with Crippen LogP contribution in [0.5, 0.6) is 5.75 Å². The van der Waals surface area contributed by atoms with Crippen LogP contribution in [0, 0.1) is 23.3 Å². The van der Waals surface area contributed by atoms with E-state index < -0.39 is 46.5 Å². The standard InChI is InChI=1S/C9H4F4O4/c1-2(14)17-8-6(12)4(10)3(9(15)16)5(11)7(8)13/h1H3,(H,15,16). The van der Waals surface area contributed by atoms with E-state index in [-0.39, 0.29) is 0 Å². The number of ether oxygens (including phenoxy) is 1. The molecule has 1 aromatic carbocycles. The highest BCUT2D eigenvalue weighted by atomic mass is 19.2. The van der Waals surface area contributed by atoms with Crippen molar-refractivity contribution in [1.82, 2.24) is 0 Å². The molecule has 0 aliphatic carbocycles. The largest absolute Gasteiger partial charge is 0.477 e. The third-order valence-electron chi connectivity index (χ3n) is 1.68. The minimum atomic E-state index is -2.19. The number of hydrogen-bond acceptors (Lipinski definition) is 3. The van der Waals surface area contributed by atoms with Crippen molar-refractivity contribution in [3.63, 3.8) is 0 Å². The van der Waals surface area contributed by atoms with Crippen molar-refractivity contribution < 1.29 is 37.0 Å². The second-order valence-electron chi connectivity index (χ2n) is 2.86. The van der Waals surface area contributed by atoms with Crippen LogP contribution in [0.15, 0.2) is 0 Å². The quantitative estimate of drug-likeness (QED) is 0.377. The van der Waals surface area contributed by atoms with Gasteiger partial charge in [-0.05, 0) is 0 Å². The van der Waals surface area contributed by atoms with Gasteiger partial charge in [0.05, 0.1) is 0 Å². The predicted molar refractivity (Wildman–Crippen MR) is 44.5 cm³/mol. The van der Waals surface area contributed by atoms with Gasteiger partial charge in [0.25, 0.3) is 0 Å². The Bertz CT molecular complexity index is 483. The van der Waals surface area contributed by atoms with Crippen LogP contribution in [0.3, 0.4) is 0 Å². The van der Waals surface area contributed by atoms with Gasteiger partial charge in [-0.15, -0.1) is 0 Å². The first-order chi connectivity index (χ1) is 7.77. The maximum atomic E-state index is 13.1. The summed E-state index contributed by atoms with van der Waals surface area (Å²) in [5.41, 5.74) is -1.80. The van der Waals surface area contributed by atoms with Crippen molar-refractivity contribution >= 4 is 11.9 Å². The maximum Gasteiger partial charge on any atom is 0.341 e. The molecule has 0 atom stereocenters. The number of halogens is 4. The number of carbonyl (C=O) groups is 2. The molecule has 1 rings (SSSR count). The van der Waals surface area contributed by atoms with Crippen molar-refractivity contribution in [1.29, 1.82) is 0 Å². The van der Waals surface area contributed by atoms with Crippen LogP contribution in [0.4, 0.5) is 17.6 Å². The average Bonchev–Trinajstić information content (AvgIpc) is 2.21. The number of aromatic carboxylic acids is 1. The Hall–Kier alpha value is -2.12. The lowest BCUT2D eigenvalue weighted by molar-refractivity contribution is -0.132. The summed E-state index contributed by atoms with van der Waals surface area (Å²) in [6.45, 7) is 0.750. The van der Waals surface area contributed by atoms with Crippen LogP contribution in [-0.2, 0) is 4.79 Å². The van der Waals surface area contributed by atoms with Gasteiger partial charge in [0.2, 0.25) is 17.4 Å². The fourth-order valence-corrected chi connectivity index (χ4v) is 1.03. The van der Waals surface area contributed by atoms with E-state index in [9.17, 15) is 27.2 Å². The Morgan fingerprint density at radius 3 is 1.71 bits per heavy atom. The molecule has 0 aromatic heterocycles. The van der Waals surface area contributed by atoms with Gasteiger partial charge in [0, 0.05) is 6.92 Å². The first-order valence-corrected chi connectivity index (χ1v) is 4.05. The summed E-state index contributed by atoms with van der Waals surface area (Å²) in [4.78, 5) is 20.8. The van der Waals surface area contributed by atoms with Crippen LogP contribution in [-0.4, -0.2) is 17.0 Å². The molecular weight excluding hydrogens is 248 g/mol. The van der Waals surface area contributed by atoms with Gasteiger partial charge >= 0.3 is 11.9 Å². The second kappa shape index (κ2) is 4.40. The third kappa shape index (κ3) is 2.19. The lowest BCUT2D eigenvalue weighted by Crippen LogP contribution is -2.14. The van der Waals surface area contributed by atoms with Crippen LogP contribution in [0.25, 0.3) is 0 Å². The van der Waals surface area contributed by atoms with E-state index in [1.807, 2.05) is 0 Å². The van der Waals surface area contributed by atoms with Crippen LogP contribution >= 0.6 is 0 Å². The van der Waals surface area contributed by atoms with Gasteiger partial charge in [0.15, 0.2) is 11.6 Å². The highest BCUT2D eigenvalue weighted by Crippen LogP contribution is 2.30. The number of benzene rings is 1. The Labute approximate surface area is 91.4 Å². The summed E-state index contributed by atoms with van der Waals surface area (Å²) in [5.74, 6) is -13.5. The lowest BCUT2D eigenvalue weighted by atomic mass is 10.1. The van der Waals surface area contributed by atoms with E-state index in [0.29, 0.717) is 0 Å². The Morgan fingerprint density at radius 2 is 1.41 bits per heavy atom. The molecule has 0 spiro atoms. The van der Waals surface area contributed by atoms with Gasteiger partial charge in [-0.3, -0.25) is 4.79 Å². The summed E-state index contributed by atoms with van der Waals surface area (Å²) >= 11 is 0. The smallest absolute Gasteiger partial charge is 0.341 e. The monoisotopic (exact) mass is 252 g/mol. The van der Waals surface area contributed by atoms with Gasteiger partial charge in [-0.1, -0.05) is 0 Å². The van der Waals surface area contributed by atoms with Crippen LogP contribution < -0.4 is 4.74 Å². The molecule has 0 fully saturated rings. The summed E-state index contributed by atoms with van der Waals surface area (Å²) in [5, 5.41) is 8.35. The fraction of sp³-hybridized carbons (Fsp3) is 0.111. The number of carbonyl (C=O) groups excluding carboxylic acids is 1. The molecule has 0 amide bonds. The van der Waals surface area contributed by atoms with E-state index in [2.05, 4.69) is 4.74 Å². The predicted octanol–water partition coefficient (Wildman–Crippen LogP) is 1.87. The number of hydrogen-bond donors (Lipinski definition) is 1. The minimum absolute atomic E-state index is 0.750. The molecule has 8 heteroatoms. The first kappa shape index (κ1) is 12.9. The molecule has 0 saturated heterocycles. The SMILES string of the molecule is CC(=O)Oc1c(F)c(F)c(C(=O)O)c(F)c1F. The van der Waals surface area contributed by atoms with Gasteiger partial charge in [-0.2, -0.15) is 8.78 Å². The normalized spacial score (nSPS) is 10.2. The summed E-state index contributed by atoms with van der Waals surface area (Å²) < 4.78 is 56.2. The van der Waals surface area contributed by atoms with Crippen molar-refractivity contribution in [3.05, 3.63) is 28.8 Å². The number of esters is 1. The Morgan fingerprint density at radius 1 is 1.00 bits per heavy atom.